The minimum Gasteiger partial charge on any atom is -0.314 e. The predicted octanol–water partition coefficient (Wildman–Crippen LogP) is 4.33. The molecule has 0 aliphatic heterocycles. The summed E-state index contributed by atoms with van der Waals surface area (Å²) in [5.41, 5.74) is 2.70. The lowest BCUT2D eigenvalue weighted by atomic mass is 9.98. The molecule has 1 atom stereocenters. The molecule has 0 radical (unpaired) electrons. The zero-order valence-electron chi connectivity index (χ0n) is 10.8. The van der Waals surface area contributed by atoms with Gasteiger partial charge in [-0.3, -0.25) is 0 Å². The van der Waals surface area contributed by atoms with Gasteiger partial charge in [0.2, 0.25) is 0 Å². The molecule has 0 aliphatic rings. The standard InChI is InChI=1S/C15H22BrN/c1-4-12(3)10-15(17-5-2)11-13-6-8-14(16)9-7-13/h6-9,15,17H,3-5,10-11H2,1-2H3. The third kappa shape index (κ3) is 5.51. The van der Waals surface area contributed by atoms with Gasteiger partial charge in [-0.05, 0) is 43.5 Å². The molecular formula is C15H22BrN. The van der Waals surface area contributed by atoms with Gasteiger partial charge in [0.15, 0.2) is 0 Å². The number of likely N-dealkylation sites (N-methyl/N-ethyl adjacent to an activating group) is 1. The summed E-state index contributed by atoms with van der Waals surface area (Å²) >= 11 is 3.46. The molecule has 0 saturated carbocycles. The Hall–Kier alpha value is -0.600. The number of rotatable bonds is 7. The molecule has 94 valence electrons. The highest BCUT2D eigenvalue weighted by Gasteiger charge is 2.09. The first-order valence-corrected chi connectivity index (χ1v) is 7.09. The van der Waals surface area contributed by atoms with E-state index in [4.69, 9.17) is 0 Å². The van der Waals surface area contributed by atoms with Gasteiger partial charge in [0.25, 0.3) is 0 Å². The SMILES string of the molecule is C=C(CC)CC(Cc1ccc(Br)cc1)NCC. The van der Waals surface area contributed by atoms with Crippen molar-refractivity contribution in [3.05, 3.63) is 46.5 Å². The monoisotopic (exact) mass is 295 g/mol. The van der Waals surface area contributed by atoms with Gasteiger partial charge in [0.1, 0.15) is 0 Å². The van der Waals surface area contributed by atoms with Crippen LogP contribution in [0.2, 0.25) is 0 Å². The molecule has 0 saturated heterocycles. The summed E-state index contributed by atoms with van der Waals surface area (Å²) in [5.74, 6) is 0. The molecule has 0 amide bonds. The molecule has 1 unspecified atom stereocenters. The fraction of sp³-hybridized carbons (Fsp3) is 0.467. The lowest BCUT2D eigenvalue weighted by Crippen LogP contribution is -2.31. The van der Waals surface area contributed by atoms with E-state index in [0.717, 1.165) is 30.3 Å². The average Bonchev–Trinajstić information content (AvgIpc) is 2.32. The van der Waals surface area contributed by atoms with E-state index in [9.17, 15) is 0 Å². The van der Waals surface area contributed by atoms with Crippen molar-refractivity contribution in [2.45, 2.75) is 39.2 Å². The minimum atomic E-state index is 0.508. The number of halogens is 1. The van der Waals surface area contributed by atoms with Crippen molar-refractivity contribution in [3.63, 3.8) is 0 Å². The molecule has 1 aromatic carbocycles. The van der Waals surface area contributed by atoms with Gasteiger partial charge in [0.05, 0.1) is 0 Å². The molecule has 0 heterocycles. The van der Waals surface area contributed by atoms with Crippen LogP contribution in [0.3, 0.4) is 0 Å². The van der Waals surface area contributed by atoms with E-state index in [1.54, 1.807) is 0 Å². The maximum absolute atomic E-state index is 4.10. The van der Waals surface area contributed by atoms with E-state index in [2.05, 4.69) is 65.9 Å². The Labute approximate surface area is 113 Å². The second kappa shape index (κ2) is 7.67. The Morgan fingerprint density at radius 1 is 1.29 bits per heavy atom. The fourth-order valence-electron chi connectivity index (χ4n) is 1.90. The van der Waals surface area contributed by atoms with Crippen molar-refractivity contribution in [2.75, 3.05) is 6.54 Å². The first-order valence-electron chi connectivity index (χ1n) is 6.30. The summed E-state index contributed by atoms with van der Waals surface area (Å²) in [6.07, 6.45) is 3.21. The summed E-state index contributed by atoms with van der Waals surface area (Å²) in [7, 11) is 0. The van der Waals surface area contributed by atoms with Gasteiger partial charge < -0.3 is 5.32 Å². The summed E-state index contributed by atoms with van der Waals surface area (Å²) in [4.78, 5) is 0. The molecule has 17 heavy (non-hydrogen) atoms. The molecule has 2 heteroatoms. The molecule has 1 rings (SSSR count). The predicted molar refractivity (Wildman–Crippen MR) is 79.4 cm³/mol. The average molecular weight is 296 g/mol. The number of benzene rings is 1. The van der Waals surface area contributed by atoms with Crippen LogP contribution in [0, 0.1) is 0 Å². The van der Waals surface area contributed by atoms with E-state index >= 15 is 0 Å². The summed E-state index contributed by atoms with van der Waals surface area (Å²) in [6.45, 7) is 9.44. The van der Waals surface area contributed by atoms with Crippen LogP contribution in [0.15, 0.2) is 40.9 Å². The van der Waals surface area contributed by atoms with Crippen molar-refractivity contribution >= 4 is 15.9 Å². The van der Waals surface area contributed by atoms with Gasteiger partial charge in [-0.15, -0.1) is 0 Å². The largest absolute Gasteiger partial charge is 0.314 e. The highest BCUT2D eigenvalue weighted by Crippen LogP contribution is 2.15. The second-order valence-electron chi connectivity index (χ2n) is 4.39. The van der Waals surface area contributed by atoms with Crippen LogP contribution in [0.4, 0.5) is 0 Å². The van der Waals surface area contributed by atoms with Crippen molar-refractivity contribution in [1.29, 1.82) is 0 Å². The van der Waals surface area contributed by atoms with Crippen LogP contribution >= 0.6 is 15.9 Å². The van der Waals surface area contributed by atoms with Crippen molar-refractivity contribution in [1.82, 2.24) is 5.32 Å². The van der Waals surface area contributed by atoms with Crippen LogP contribution in [0.1, 0.15) is 32.3 Å². The van der Waals surface area contributed by atoms with Crippen LogP contribution in [-0.2, 0) is 6.42 Å². The molecule has 1 N–H and O–H groups in total. The van der Waals surface area contributed by atoms with Gasteiger partial charge in [-0.2, -0.15) is 0 Å². The zero-order valence-corrected chi connectivity index (χ0v) is 12.4. The topological polar surface area (TPSA) is 12.0 Å². The van der Waals surface area contributed by atoms with Gasteiger partial charge in [-0.1, -0.05) is 54.1 Å². The lowest BCUT2D eigenvalue weighted by molar-refractivity contribution is 0.516. The number of hydrogen-bond donors (Lipinski definition) is 1. The molecule has 0 aliphatic carbocycles. The van der Waals surface area contributed by atoms with E-state index in [-0.39, 0.29) is 0 Å². The first kappa shape index (κ1) is 14.5. The van der Waals surface area contributed by atoms with Crippen LogP contribution in [-0.4, -0.2) is 12.6 Å². The molecule has 0 bridgehead atoms. The Morgan fingerprint density at radius 3 is 2.47 bits per heavy atom. The Bertz CT molecular complexity index is 342. The highest BCUT2D eigenvalue weighted by molar-refractivity contribution is 9.10. The summed E-state index contributed by atoms with van der Waals surface area (Å²) in [5, 5.41) is 3.54. The molecule has 1 aromatic rings. The second-order valence-corrected chi connectivity index (χ2v) is 5.31. The van der Waals surface area contributed by atoms with E-state index in [1.165, 1.54) is 11.1 Å². The minimum absolute atomic E-state index is 0.508. The smallest absolute Gasteiger partial charge is 0.0175 e. The zero-order chi connectivity index (χ0) is 12.7. The van der Waals surface area contributed by atoms with Crippen molar-refractivity contribution in [3.8, 4) is 0 Å². The van der Waals surface area contributed by atoms with E-state index < -0.39 is 0 Å². The first-order chi connectivity index (χ1) is 8.15. The highest BCUT2D eigenvalue weighted by atomic mass is 79.9. The van der Waals surface area contributed by atoms with Gasteiger partial charge >= 0.3 is 0 Å². The van der Waals surface area contributed by atoms with Gasteiger partial charge in [-0.25, -0.2) is 0 Å². The lowest BCUT2D eigenvalue weighted by Gasteiger charge is -2.19. The molecular weight excluding hydrogens is 274 g/mol. The third-order valence-electron chi connectivity index (χ3n) is 2.92. The number of nitrogens with one attached hydrogen (secondary N) is 1. The van der Waals surface area contributed by atoms with Crippen molar-refractivity contribution in [2.24, 2.45) is 0 Å². The number of hydrogen-bond acceptors (Lipinski definition) is 1. The Balaban J connectivity index is 2.59. The van der Waals surface area contributed by atoms with Crippen LogP contribution in [0.5, 0.6) is 0 Å². The molecule has 0 spiro atoms. The summed E-state index contributed by atoms with van der Waals surface area (Å²) in [6, 6.07) is 9.08. The van der Waals surface area contributed by atoms with Gasteiger partial charge in [0, 0.05) is 10.5 Å². The Kier molecular flexibility index (Phi) is 6.53. The quantitative estimate of drug-likeness (QED) is 0.739. The normalized spacial score (nSPS) is 12.4. The van der Waals surface area contributed by atoms with E-state index in [1.807, 2.05) is 0 Å². The van der Waals surface area contributed by atoms with Crippen LogP contribution < -0.4 is 5.32 Å². The van der Waals surface area contributed by atoms with E-state index in [0.29, 0.717) is 6.04 Å². The summed E-state index contributed by atoms with van der Waals surface area (Å²) < 4.78 is 1.14. The molecule has 0 aromatic heterocycles. The third-order valence-corrected chi connectivity index (χ3v) is 3.45. The fourth-order valence-corrected chi connectivity index (χ4v) is 2.17. The Morgan fingerprint density at radius 2 is 1.94 bits per heavy atom. The maximum Gasteiger partial charge on any atom is 0.0175 e. The molecule has 1 nitrogen and oxygen atoms in total. The maximum atomic E-state index is 4.10. The van der Waals surface area contributed by atoms with Crippen molar-refractivity contribution < 1.29 is 0 Å². The van der Waals surface area contributed by atoms with Crippen LogP contribution in [0.25, 0.3) is 0 Å². The molecule has 0 fully saturated rings.